The van der Waals surface area contributed by atoms with Crippen LogP contribution >= 0.6 is 34.8 Å². The van der Waals surface area contributed by atoms with Crippen LogP contribution in [0.2, 0.25) is 15.1 Å². The number of carbonyl (C=O) groups excluding carboxylic acids is 4. The highest BCUT2D eigenvalue weighted by atomic mass is 35.5. The Labute approximate surface area is 428 Å². The third-order valence-corrected chi connectivity index (χ3v) is 11.3. The van der Waals surface area contributed by atoms with Crippen LogP contribution < -0.4 is 31.6 Å². The highest BCUT2D eigenvalue weighted by molar-refractivity contribution is 6.40. The first kappa shape index (κ1) is 56.2. The molecule has 2 aromatic heterocycles. The molecule has 0 saturated carbocycles. The fraction of sp³-hybridized carbons (Fsp3) is 0.460. The molecule has 1 atom stereocenters. The summed E-state index contributed by atoms with van der Waals surface area (Å²) < 4.78 is 29.7. The van der Waals surface area contributed by atoms with Crippen LogP contribution in [0, 0.1) is 0 Å². The molecule has 18 nitrogen and oxygen atoms in total. The average Bonchev–Trinajstić information content (AvgIpc) is 3.68. The van der Waals surface area contributed by atoms with Crippen molar-refractivity contribution in [1.82, 2.24) is 35.7 Å². The fourth-order valence-electron chi connectivity index (χ4n) is 6.96. The van der Waals surface area contributed by atoms with Crippen molar-refractivity contribution in [3.05, 3.63) is 109 Å². The van der Waals surface area contributed by atoms with Crippen molar-refractivity contribution in [3.8, 4) is 11.4 Å². The molecule has 3 amide bonds. The molecule has 5 rings (SSSR count). The molecule has 384 valence electrons. The van der Waals surface area contributed by atoms with Crippen molar-refractivity contribution in [2.45, 2.75) is 90.9 Å². The van der Waals surface area contributed by atoms with E-state index in [0.717, 1.165) is 11.3 Å². The first-order valence-corrected chi connectivity index (χ1v) is 24.3. The Morgan fingerprint density at radius 1 is 0.803 bits per heavy atom. The van der Waals surface area contributed by atoms with Gasteiger partial charge in [0, 0.05) is 49.3 Å². The van der Waals surface area contributed by atoms with Crippen LogP contribution in [0.4, 0.5) is 5.69 Å². The van der Waals surface area contributed by atoms with Crippen molar-refractivity contribution < 1.29 is 42.9 Å². The maximum Gasteiger partial charge on any atom is 0.329 e. The lowest BCUT2D eigenvalue weighted by atomic mass is 10.1. The van der Waals surface area contributed by atoms with Crippen molar-refractivity contribution in [2.24, 2.45) is 0 Å². The maximum atomic E-state index is 13.4. The number of fused-ring (bicyclic) bond motifs is 1. The summed E-state index contributed by atoms with van der Waals surface area (Å²) in [4.78, 5) is 72.5. The fourth-order valence-corrected chi connectivity index (χ4v) is 7.93. The van der Waals surface area contributed by atoms with E-state index in [-0.39, 0.29) is 78.9 Å². The third-order valence-electron chi connectivity index (χ3n) is 10.5. The van der Waals surface area contributed by atoms with Gasteiger partial charge in [0.05, 0.1) is 55.4 Å². The number of hydrogen-bond acceptors (Lipinski definition) is 13. The van der Waals surface area contributed by atoms with Gasteiger partial charge in [0.2, 0.25) is 5.91 Å². The van der Waals surface area contributed by atoms with Crippen LogP contribution in [0.3, 0.4) is 0 Å². The monoisotopic (exact) mass is 1040 g/mol. The second kappa shape index (κ2) is 26.1. The average molecular weight is 1040 g/mol. The Balaban J connectivity index is 0.949. The highest BCUT2D eigenvalue weighted by Crippen LogP contribution is 2.35. The lowest BCUT2D eigenvalue weighted by Crippen LogP contribution is -2.47. The minimum atomic E-state index is -1.20. The first-order valence-electron chi connectivity index (χ1n) is 23.2. The zero-order valence-corrected chi connectivity index (χ0v) is 43.5. The Morgan fingerprint density at radius 2 is 1.39 bits per heavy atom. The number of amides is 3. The van der Waals surface area contributed by atoms with Crippen molar-refractivity contribution >= 4 is 75.2 Å². The summed E-state index contributed by atoms with van der Waals surface area (Å²) in [5.41, 5.74) is 0.942. The summed E-state index contributed by atoms with van der Waals surface area (Å²) in [5, 5.41) is 17.2. The maximum absolute atomic E-state index is 13.4. The number of aromatic nitrogens is 4. The molecule has 0 bridgehead atoms. The van der Waals surface area contributed by atoms with E-state index in [1.54, 1.807) is 90.2 Å². The standard InChI is InChI=1S/C50H63Cl3N8O10/c1-30(2)42-41-44(61(60-42)43-36(52)28-33(51)29-37(43)53)58-39(59-46(41)64)27-31-9-15-35(16-10-31)70-50(6,7)48(66)56-20-22-68-24-26-69-25-23-67-21-19-55-40(62)18-17-38(47(65)71-49(3,4)5)57-45(63)32-11-13-34(54-8)14-12-32/h9-16,28-30,38,54H,17-27H2,1-8H3,(H,55,62)(H,56,66)(H,57,63)(H,58,59,64)/t38-/m1/s1. The lowest BCUT2D eigenvalue weighted by molar-refractivity contribution is -0.157. The number of aromatic amines is 1. The Hall–Kier alpha value is -5.76. The van der Waals surface area contributed by atoms with Gasteiger partial charge in [-0.25, -0.2) is 14.5 Å². The number of benzene rings is 3. The molecule has 0 aliphatic carbocycles. The molecule has 0 saturated heterocycles. The molecule has 5 aromatic rings. The number of ether oxygens (including phenoxy) is 5. The first-order chi connectivity index (χ1) is 33.6. The second-order valence-electron chi connectivity index (χ2n) is 18.2. The van der Waals surface area contributed by atoms with Gasteiger partial charge >= 0.3 is 5.97 Å². The zero-order valence-electron chi connectivity index (χ0n) is 41.3. The number of hydrogen-bond donors (Lipinski definition) is 5. The Bertz CT molecular complexity index is 2640. The van der Waals surface area contributed by atoms with Crippen LogP contribution in [0.25, 0.3) is 16.7 Å². The topological polar surface area (TPSA) is 226 Å². The van der Waals surface area contributed by atoms with Gasteiger partial charge in [0.25, 0.3) is 17.4 Å². The number of esters is 1. The quantitative estimate of drug-likeness (QED) is 0.0274. The van der Waals surface area contributed by atoms with E-state index >= 15 is 0 Å². The minimum Gasteiger partial charge on any atom is -0.478 e. The van der Waals surface area contributed by atoms with E-state index in [4.69, 9.17) is 68.6 Å². The molecule has 3 aromatic carbocycles. The Kier molecular flexibility index (Phi) is 20.6. The number of carbonyl (C=O) groups is 4. The molecule has 0 fully saturated rings. The van der Waals surface area contributed by atoms with Crippen molar-refractivity contribution in [1.29, 1.82) is 0 Å². The second-order valence-corrected chi connectivity index (χ2v) is 19.4. The minimum absolute atomic E-state index is 0.0170. The highest BCUT2D eigenvalue weighted by Gasteiger charge is 2.30. The third kappa shape index (κ3) is 16.9. The molecule has 71 heavy (non-hydrogen) atoms. The molecular weight excluding hydrogens is 979 g/mol. The van der Waals surface area contributed by atoms with E-state index in [9.17, 15) is 24.0 Å². The van der Waals surface area contributed by atoms with E-state index in [1.165, 1.54) is 4.68 Å². The molecule has 0 unspecified atom stereocenters. The summed E-state index contributed by atoms with van der Waals surface area (Å²) in [6.07, 6.45) is 0.313. The summed E-state index contributed by atoms with van der Waals surface area (Å²) in [6.45, 7) is 14.6. The number of anilines is 1. The molecule has 2 heterocycles. The SMILES string of the molecule is CNc1ccc(C(=O)N[C@H](CCC(=O)NCCOCCOCCOCCNC(=O)C(C)(C)Oc2ccc(Cc3nc4c(c(C(C)C)nn4-c4c(Cl)cc(Cl)cc4Cl)c(=O)[nH]3)cc2)C(=O)OC(C)(C)C)cc1. The van der Waals surface area contributed by atoms with Crippen LogP contribution in [0.5, 0.6) is 5.75 Å². The normalized spacial score (nSPS) is 12.2. The van der Waals surface area contributed by atoms with Crippen molar-refractivity contribution in [3.63, 3.8) is 0 Å². The number of rotatable bonds is 26. The van der Waals surface area contributed by atoms with Crippen LogP contribution in [-0.2, 0) is 39.8 Å². The van der Waals surface area contributed by atoms with Gasteiger partial charge in [-0.1, -0.05) is 60.8 Å². The smallest absolute Gasteiger partial charge is 0.329 e. The summed E-state index contributed by atoms with van der Waals surface area (Å²) in [7, 11) is 1.77. The summed E-state index contributed by atoms with van der Waals surface area (Å²) >= 11 is 19.3. The predicted molar refractivity (Wildman–Crippen MR) is 273 cm³/mol. The molecule has 5 N–H and O–H groups in total. The van der Waals surface area contributed by atoms with Crippen LogP contribution in [0.1, 0.15) is 94.7 Å². The predicted octanol–water partition coefficient (Wildman–Crippen LogP) is 7.19. The molecule has 0 aliphatic heterocycles. The van der Waals surface area contributed by atoms with E-state index in [0.29, 0.717) is 71.0 Å². The van der Waals surface area contributed by atoms with Gasteiger partial charge in [0.15, 0.2) is 11.2 Å². The van der Waals surface area contributed by atoms with Crippen LogP contribution in [0.15, 0.2) is 65.5 Å². The van der Waals surface area contributed by atoms with Gasteiger partial charge in [-0.05, 0) is 101 Å². The van der Waals surface area contributed by atoms with Gasteiger partial charge in [-0.15, -0.1) is 0 Å². The van der Waals surface area contributed by atoms with E-state index < -0.39 is 29.1 Å². The van der Waals surface area contributed by atoms with E-state index in [1.807, 2.05) is 26.0 Å². The molecule has 0 radical (unpaired) electrons. The summed E-state index contributed by atoms with van der Waals surface area (Å²) in [5.74, 6) is -0.936. The van der Waals surface area contributed by atoms with Crippen LogP contribution in [-0.4, -0.2) is 120 Å². The summed E-state index contributed by atoms with van der Waals surface area (Å²) in [6, 6.07) is 16.0. The Morgan fingerprint density at radius 3 is 1.97 bits per heavy atom. The van der Waals surface area contributed by atoms with Gasteiger partial charge in [0.1, 0.15) is 34.3 Å². The number of nitrogens with one attached hydrogen (secondary N) is 5. The van der Waals surface area contributed by atoms with Gasteiger partial charge in [-0.2, -0.15) is 5.10 Å². The van der Waals surface area contributed by atoms with Gasteiger partial charge in [-0.3, -0.25) is 19.2 Å². The van der Waals surface area contributed by atoms with Crippen molar-refractivity contribution in [2.75, 3.05) is 65.1 Å². The number of halogens is 3. The number of H-pyrrole nitrogens is 1. The largest absolute Gasteiger partial charge is 0.478 e. The lowest BCUT2D eigenvalue weighted by Gasteiger charge is -2.25. The molecule has 0 aliphatic rings. The molecular formula is C50H63Cl3N8O10. The van der Waals surface area contributed by atoms with Gasteiger partial charge < -0.3 is 49.9 Å². The van der Waals surface area contributed by atoms with E-state index in [2.05, 4.69) is 26.3 Å². The number of nitrogens with zero attached hydrogens (tertiary/aromatic N) is 3. The zero-order chi connectivity index (χ0) is 51.9. The molecule has 0 spiro atoms. The molecule has 21 heteroatoms.